The van der Waals surface area contributed by atoms with E-state index in [1.54, 1.807) is 0 Å². The minimum Gasteiger partial charge on any atom is -0.393 e. The van der Waals surface area contributed by atoms with Crippen molar-refractivity contribution in [2.45, 2.75) is 53.6 Å². The zero-order valence-corrected chi connectivity index (χ0v) is 9.17. The van der Waals surface area contributed by atoms with Gasteiger partial charge >= 0.3 is 0 Å². The molecule has 0 aliphatic rings. The van der Waals surface area contributed by atoms with Crippen LogP contribution < -0.4 is 0 Å². The van der Waals surface area contributed by atoms with Crippen molar-refractivity contribution < 1.29 is 5.11 Å². The molecule has 0 saturated heterocycles. The molecule has 0 rings (SSSR count). The van der Waals surface area contributed by atoms with Gasteiger partial charge in [0.1, 0.15) is 0 Å². The topological polar surface area (TPSA) is 20.2 Å². The van der Waals surface area contributed by atoms with Crippen LogP contribution in [-0.2, 0) is 0 Å². The minimum absolute atomic E-state index is 0.120. The van der Waals surface area contributed by atoms with E-state index in [1.807, 2.05) is 0 Å². The van der Waals surface area contributed by atoms with Crippen LogP contribution in [0.15, 0.2) is 0 Å². The molecule has 12 heavy (non-hydrogen) atoms. The quantitative estimate of drug-likeness (QED) is 0.675. The zero-order chi connectivity index (χ0) is 9.72. The summed E-state index contributed by atoms with van der Waals surface area (Å²) < 4.78 is 0. The molecule has 1 N–H and O–H groups in total. The van der Waals surface area contributed by atoms with Gasteiger partial charge in [0.05, 0.1) is 6.10 Å². The Kier molecular flexibility index (Phi) is 5.56. The van der Waals surface area contributed by atoms with Gasteiger partial charge in [0.2, 0.25) is 0 Å². The Morgan fingerprint density at radius 1 is 1.08 bits per heavy atom. The van der Waals surface area contributed by atoms with Crippen LogP contribution in [0, 0.1) is 17.8 Å². The number of rotatable bonds is 5. The molecule has 74 valence electrons. The SMILES string of the molecule is CCCC(C)C(O)C(C)C(C)C. The van der Waals surface area contributed by atoms with Crippen LogP contribution in [0.5, 0.6) is 0 Å². The van der Waals surface area contributed by atoms with Gasteiger partial charge in [0.15, 0.2) is 0 Å². The molecule has 0 aliphatic carbocycles. The Balaban J connectivity index is 3.90. The van der Waals surface area contributed by atoms with Crippen LogP contribution in [0.2, 0.25) is 0 Å². The maximum absolute atomic E-state index is 9.89. The number of aliphatic hydroxyl groups is 1. The normalized spacial score (nSPS) is 19.2. The van der Waals surface area contributed by atoms with Crippen molar-refractivity contribution in [1.82, 2.24) is 0 Å². The maximum Gasteiger partial charge on any atom is 0.0593 e. The lowest BCUT2D eigenvalue weighted by Crippen LogP contribution is -2.28. The maximum atomic E-state index is 9.89. The molecule has 0 aromatic carbocycles. The van der Waals surface area contributed by atoms with Crippen molar-refractivity contribution in [3.05, 3.63) is 0 Å². The van der Waals surface area contributed by atoms with E-state index >= 15 is 0 Å². The summed E-state index contributed by atoms with van der Waals surface area (Å²) >= 11 is 0. The molecule has 0 aromatic heterocycles. The second-order valence-electron chi connectivity index (χ2n) is 4.36. The molecular formula is C11H24O. The summed E-state index contributed by atoms with van der Waals surface area (Å²) in [5.74, 6) is 1.46. The predicted octanol–water partition coefficient (Wildman–Crippen LogP) is 3.08. The summed E-state index contributed by atoms with van der Waals surface area (Å²) in [5, 5.41) is 9.89. The second kappa shape index (κ2) is 5.58. The minimum atomic E-state index is -0.120. The van der Waals surface area contributed by atoms with Crippen molar-refractivity contribution in [1.29, 1.82) is 0 Å². The van der Waals surface area contributed by atoms with Crippen LogP contribution in [0.1, 0.15) is 47.5 Å². The lowest BCUT2D eigenvalue weighted by atomic mass is 9.84. The molecule has 0 heterocycles. The van der Waals surface area contributed by atoms with E-state index in [4.69, 9.17) is 0 Å². The third kappa shape index (κ3) is 3.57. The highest BCUT2D eigenvalue weighted by atomic mass is 16.3. The Morgan fingerprint density at radius 2 is 1.58 bits per heavy atom. The summed E-state index contributed by atoms with van der Waals surface area (Å²) in [7, 11) is 0. The third-order valence-corrected chi connectivity index (χ3v) is 2.92. The Bertz CT molecular complexity index is 110. The molecule has 1 heteroatoms. The summed E-state index contributed by atoms with van der Waals surface area (Å²) in [6.45, 7) is 10.8. The molecule has 0 radical (unpaired) electrons. The highest BCUT2D eigenvalue weighted by molar-refractivity contribution is 4.72. The fourth-order valence-electron chi connectivity index (χ4n) is 1.54. The Hall–Kier alpha value is -0.0400. The lowest BCUT2D eigenvalue weighted by molar-refractivity contribution is 0.0414. The van der Waals surface area contributed by atoms with Crippen molar-refractivity contribution in [2.24, 2.45) is 17.8 Å². The van der Waals surface area contributed by atoms with E-state index < -0.39 is 0 Å². The van der Waals surface area contributed by atoms with Crippen LogP contribution >= 0.6 is 0 Å². The van der Waals surface area contributed by atoms with Gasteiger partial charge in [0, 0.05) is 0 Å². The van der Waals surface area contributed by atoms with E-state index in [9.17, 15) is 5.11 Å². The molecule has 0 bridgehead atoms. The van der Waals surface area contributed by atoms with Gasteiger partial charge in [-0.05, 0) is 24.2 Å². The summed E-state index contributed by atoms with van der Waals surface area (Å²) in [6, 6.07) is 0. The third-order valence-electron chi connectivity index (χ3n) is 2.92. The molecule has 3 unspecified atom stereocenters. The first-order valence-corrected chi connectivity index (χ1v) is 5.18. The number of aliphatic hydroxyl groups excluding tert-OH is 1. The first-order chi connectivity index (χ1) is 5.50. The highest BCUT2D eigenvalue weighted by Gasteiger charge is 2.22. The standard InChI is InChI=1S/C11H24O/c1-6-7-9(4)11(12)10(5)8(2)3/h8-12H,6-7H2,1-5H3. The monoisotopic (exact) mass is 172 g/mol. The average Bonchev–Trinajstić information content (AvgIpc) is 2.02. The Labute approximate surface area is 77.2 Å². The van der Waals surface area contributed by atoms with Crippen LogP contribution in [0.4, 0.5) is 0 Å². The van der Waals surface area contributed by atoms with Crippen molar-refractivity contribution in [3.63, 3.8) is 0 Å². The lowest BCUT2D eigenvalue weighted by Gasteiger charge is -2.27. The van der Waals surface area contributed by atoms with Crippen LogP contribution in [-0.4, -0.2) is 11.2 Å². The van der Waals surface area contributed by atoms with Gasteiger partial charge in [-0.2, -0.15) is 0 Å². The zero-order valence-electron chi connectivity index (χ0n) is 9.17. The first kappa shape index (κ1) is 12.0. The largest absolute Gasteiger partial charge is 0.393 e. The molecule has 0 aromatic rings. The van der Waals surface area contributed by atoms with Crippen molar-refractivity contribution in [3.8, 4) is 0 Å². The van der Waals surface area contributed by atoms with Gasteiger partial charge in [-0.15, -0.1) is 0 Å². The van der Waals surface area contributed by atoms with Gasteiger partial charge in [-0.25, -0.2) is 0 Å². The van der Waals surface area contributed by atoms with Gasteiger partial charge < -0.3 is 5.11 Å². The van der Waals surface area contributed by atoms with Gasteiger partial charge in [-0.1, -0.05) is 41.0 Å². The predicted molar refractivity (Wildman–Crippen MR) is 54.1 cm³/mol. The molecule has 1 nitrogen and oxygen atoms in total. The molecule has 3 atom stereocenters. The number of hydrogen-bond acceptors (Lipinski definition) is 1. The van der Waals surface area contributed by atoms with E-state index in [-0.39, 0.29) is 6.10 Å². The molecule has 0 saturated carbocycles. The van der Waals surface area contributed by atoms with E-state index in [2.05, 4.69) is 34.6 Å². The van der Waals surface area contributed by atoms with Gasteiger partial charge in [0.25, 0.3) is 0 Å². The summed E-state index contributed by atoms with van der Waals surface area (Å²) in [5.41, 5.74) is 0. The molecule has 0 fully saturated rings. The summed E-state index contributed by atoms with van der Waals surface area (Å²) in [4.78, 5) is 0. The molecule has 0 amide bonds. The molecule has 0 spiro atoms. The molecule has 0 aliphatic heterocycles. The van der Waals surface area contributed by atoms with Crippen LogP contribution in [0.3, 0.4) is 0 Å². The highest BCUT2D eigenvalue weighted by Crippen LogP contribution is 2.22. The number of hydrogen-bond donors (Lipinski definition) is 1. The Morgan fingerprint density at radius 3 is 1.92 bits per heavy atom. The first-order valence-electron chi connectivity index (χ1n) is 5.18. The second-order valence-corrected chi connectivity index (χ2v) is 4.36. The van der Waals surface area contributed by atoms with Gasteiger partial charge in [-0.3, -0.25) is 0 Å². The van der Waals surface area contributed by atoms with Crippen molar-refractivity contribution in [2.75, 3.05) is 0 Å². The smallest absolute Gasteiger partial charge is 0.0593 e. The fourth-order valence-corrected chi connectivity index (χ4v) is 1.54. The van der Waals surface area contributed by atoms with E-state index in [1.165, 1.54) is 6.42 Å². The van der Waals surface area contributed by atoms with Crippen LogP contribution in [0.25, 0.3) is 0 Å². The fraction of sp³-hybridized carbons (Fsp3) is 1.00. The average molecular weight is 172 g/mol. The summed E-state index contributed by atoms with van der Waals surface area (Å²) in [6.07, 6.45) is 2.19. The van der Waals surface area contributed by atoms with E-state index in [0.717, 1.165) is 6.42 Å². The van der Waals surface area contributed by atoms with E-state index in [0.29, 0.717) is 17.8 Å². The molecular weight excluding hydrogens is 148 g/mol. The van der Waals surface area contributed by atoms with Crippen molar-refractivity contribution >= 4 is 0 Å².